The van der Waals surface area contributed by atoms with Crippen LogP contribution in [0, 0.1) is 0 Å². The second kappa shape index (κ2) is 7.01. The van der Waals surface area contributed by atoms with E-state index in [1.807, 2.05) is 28.9 Å². The van der Waals surface area contributed by atoms with Crippen LogP contribution >= 0.6 is 0 Å². The van der Waals surface area contributed by atoms with E-state index < -0.39 is 0 Å². The van der Waals surface area contributed by atoms with E-state index in [0.29, 0.717) is 5.92 Å². The van der Waals surface area contributed by atoms with E-state index in [1.54, 1.807) is 0 Å². The van der Waals surface area contributed by atoms with Crippen LogP contribution in [0.15, 0.2) is 91.0 Å². The molecule has 1 aromatic heterocycles. The molecule has 0 unspecified atom stereocenters. The standard InChI is InChI=1S/C24H22N2/c1-18(2)19-13-15-20(16-14-19)23-17-24(21-9-5-3-6-10-21)26(25-23)22-11-7-4-8-12-22/h3-18H,1-2H3. The van der Waals surface area contributed by atoms with Crippen molar-refractivity contribution in [2.24, 2.45) is 0 Å². The van der Waals surface area contributed by atoms with E-state index in [9.17, 15) is 0 Å². The molecule has 0 amide bonds. The molecule has 2 nitrogen and oxygen atoms in total. The van der Waals surface area contributed by atoms with Gasteiger partial charge >= 0.3 is 0 Å². The Morgan fingerprint density at radius 1 is 0.692 bits per heavy atom. The maximum atomic E-state index is 4.92. The van der Waals surface area contributed by atoms with Gasteiger partial charge in [-0.25, -0.2) is 4.68 Å². The summed E-state index contributed by atoms with van der Waals surface area (Å²) in [6.45, 7) is 4.43. The summed E-state index contributed by atoms with van der Waals surface area (Å²) in [5, 5.41) is 4.92. The number of hydrogen-bond acceptors (Lipinski definition) is 1. The van der Waals surface area contributed by atoms with Gasteiger partial charge in [0.25, 0.3) is 0 Å². The number of hydrogen-bond donors (Lipinski definition) is 0. The minimum atomic E-state index is 0.533. The summed E-state index contributed by atoms with van der Waals surface area (Å²) >= 11 is 0. The fraction of sp³-hybridized carbons (Fsp3) is 0.125. The van der Waals surface area contributed by atoms with Gasteiger partial charge in [-0.15, -0.1) is 0 Å². The lowest BCUT2D eigenvalue weighted by Crippen LogP contribution is -1.98. The molecular weight excluding hydrogens is 316 g/mol. The summed E-state index contributed by atoms with van der Waals surface area (Å²) in [5.74, 6) is 0.533. The molecule has 1 heterocycles. The first kappa shape index (κ1) is 16.3. The Bertz CT molecular complexity index is 925. The zero-order valence-electron chi connectivity index (χ0n) is 15.1. The number of benzene rings is 3. The lowest BCUT2D eigenvalue weighted by molar-refractivity contribution is 0.866. The highest BCUT2D eigenvalue weighted by molar-refractivity contribution is 5.70. The SMILES string of the molecule is CC(C)c1ccc(-c2cc(-c3ccccc3)n(-c3ccccc3)n2)cc1. The molecule has 0 aliphatic heterocycles. The molecule has 0 atom stereocenters. The minimum Gasteiger partial charge on any atom is -0.232 e. The van der Waals surface area contributed by atoms with Crippen LogP contribution in [0.25, 0.3) is 28.2 Å². The van der Waals surface area contributed by atoms with E-state index >= 15 is 0 Å². The molecule has 128 valence electrons. The highest BCUT2D eigenvalue weighted by Gasteiger charge is 2.13. The smallest absolute Gasteiger partial charge is 0.0934 e. The summed E-state index contributed by atoms with van der Waals surface area (Å²) < 4.78 is 2.03. The summed E-state index contributed by atoms with van der Waals surface area (Å²) in [6, 6.07) is 31.6. The van der Waals surface area contributed by atoms with Gasteiger partial charge in [0.2, 0.25) is 0 Å². The Balaban J connectivity index is 1.83. The number of aromatic nitrogens is 2. The molecule has 4 rings (SSSR count). The summed E-state index contributed by atoms with van der Waals surface area (Å²) in [4.78, 5) is 0. The average molecular weight is 338 g/mol. The van der Waals surface area contributed by atoms with Crippen molar-refractivity contribution >= 4 is 0 Å². The third-order valence-corrected chi connectivity index (χ3v) is 4.65. The van der Waals surface area contributed by atoms with E-state index in [0.717, 1.165) is 28.2 Å². The fourth-order valence-electron chi connectivity index (χ4n) is 3.14. The maximum absolute atomic E-state index is 4.92. The first-order valence-corrected chi connectivity index (χ1v) is 9.03. The van der Waals surface area contributed by atoms with Crippen LogP contribution in [0.3, 0.4) is 0 Å². The van der Waals surface area contributed by atoms with Crippen molar-refractivity contribution < 1.29 is 0 Å². The highest BCUT2D eigenvalue weighted by atomic mass is 15.3. The minimum absolute atomic E-state index is 0.533. The Labute approximate surface area is 154 Å². The van der Waals surface area contributed by atoms with E-state index in [4.69, 9.17) is 5.10 Å². The Morgan fingerprint density at radius 2 is 1.31 bits per heavy atom. The molecule has 26 heavy (non-hydrogen) atoms. The summed E-state index contributed by atoms with van der Waals surface area (Å²) in [7, 11) is 0. The van der Waals surface area contributed by atoms with Crippen LogP contribution in [0.1, 0.15) is 25.3 Å². The van der Waals surface area contributed by atoms with Crippen LogP contribution in [-0.4, -0.2) is 9.78 Å². The molecule has 0 saturated heterocycles. The quantitative estimate of drug-likeness (QED) is 0.425. The third kappa shape index (κ3) is 3.18. The molecule has 0 fully saturated rings. The third-order valence-electron chi connectivity index (χ3n) is 4.65. The second-order valence-corrected chi connectivity index (χ2v) is 6.80. The molecule has 0 N–H and O–H groups in total. The number of nitrogens with zero attached hydrogens (tertiary/aromatic N) is 2. The van der Waals surface area contributed by atoms with Gasteiger partial charge in [-0.2, -0.15) is 5.10 Å². The van der Waals surface area contributed by atoms with E-state index in [1.165, 1.54) is 5.56 Å². The number of rotatable bonds is 4. The van der Waals surface area contributed by atoms with Crippen LogP contribution in [-0.2, 0) is 0 Å². The molecule has 2 heteroatoms. The molecule has 0 aliphatic carbocycles. The lowest BCUT2D eigenvalue weighted by atomic mass is 10.0. The lowest BCUT2D eigenvalue weighted by Gasteiger charge is -2.07. The Hall–Kier alpha value is -3.13. The van der Waals surface area contributed by atoms with Crippen molar-refractivity contribution in [2.75, 3.05) is 0 Å². The molecule has 0 bridgehead atoms. The zero-order chi connectivity index (χ0) is 17.9. The van der Waals surface area contributed by atoms with Gasteiger partial charge in [0.1, 0.15) is 0 Å². The predicted octanol–water partition coefficient (Wildman–Crippen LogP) is 6.33. The summed E-state index contributed by atoms with van der Waals surface area (Å²) in [6.07, 6.45) is 0. The van der Waals surface area contributed by atoms with E-state index in [2.05, 4.69) is 80.6 Å². The van der Waals surface area contributed by atoms with Crippen molar-refractivity contribution in [3.8, 4) is 28.2 Å². The largest absolute Gasteiger partial charge is 0.232 e. The molecule has 4 aromatic rings. The van der Waals surface area contributed by atoms with Crippen LogP contribution < -0.4 is 0 Å². The molecule has 0 saturated carbocycles. The topological polar surface area (TPSA) is 17.8 Å². The van der Waals surface area contributed by atoms with Crippen LogP contribution in [0.4, 0.5) is 0 Å². The van der Waals surface area contributed by atoms with Crippen molar-refractivity contribution in [1.29, 1.82) is 0 Å². The van der Waals surface area contributed by atoms with Gasteiger partial charge in [0.15, 0.2) is 0 Å². The van der Waals surface area contributed by atoms with Crippen molar-refractivity contribution in [2.45, 2.75) is 19.8 Å². The molecule has 3 aromatic carbocycles. The van der Waals surface area contributed by atoms with Crippen LogP contribution in [0.5, 0.6) is 0 Å². The Morgan fingerprint density at radius 3 is 1.92 bits per heavy atom. The monoisotopic (exact) mass is 338 g/mol. The highest BCUT2D eigenvalue weighted by Crippen LogP contribution is 2.29. The fourth-order valence-corrected chi connectivity index (χ4v) is 3.14. The maximum Gasteiger partial charge on any atom is 0.0934 e. The first-order chi connectivity index (χ1) is 12.7. The average Bonchev–Trinajstić information content (AvgIpc) is 3.15. The molecule has 0 spiro atoms. The normalized spacial score (nSPS) is 11.0. The van der Waals surface area contributed by atoms with Gasteiger partial charge < -0.3 is 0 Å². The number of para-hydroxylation sites is 1. The first-order valence-electron chi connectivity index (χ1n) is 9.03. The van der Waals surface area contributed by atoms with Gasteiger partial charge in [-0.05, 0) is 29.7 Å². The molecule has 0 radical (unpaired) electrons. The van der Waals surface area contributed by atoms with Crippen molar-refractivity contribution in [3.05, 3.63) is 96.6 Å². The Kier molecular flexibility index (Phi) is 4.40. The van der Waals surface area contributed by atoms with Crippen molar-refractivity contribution in [3.63, 3.8) is 0 Å². The van der Waals surface area contributed by atoms with Crippen LogP contribution in [0.2, 0.25) is 0 Å². The molecule has 0 aliphatic rings. The van der Waals surface area contributed by atoms with Gasteiger partial charge in [0, 0.05) is 11.1 Å². The van der Waals surface area contributed by atoms with Gasteiger partial charge in [-0.3, -0.25) is 0 Å². The van der Waals surface area contributed by atoms with E-state index in [-0.39, 0.29) is 0 Å². The van der Waals surface area contributed by atoms with Crippen molar-refractivity contribution in [1.82, 2.24) is 9.78 Å². The second-order valence-electron chi connectivity index (χ2n) is 6.80. The van der Waals surface area contributed by atoms with Gasteiger partial charge in [-0.1, -0.05) is 86.6 Å². The van der Waals surface area contributed by atoms with Gasteiger partial charge in [0.05, 0.1) is 17.1 Å². The predicted molar refractivity (Wildman–Crippen MR) is 109 cm³/mol. The zero-order valence-corrected chi connectivity index (χ0v) is 15.1. The molecular formula is C24H22N2. The summed E-state index contributed by atoms with van der Waals surface area (Å²) in [5.41, 5.74) is 6.80.